The summed E-state index contributed by atoms with van der Waals surface area (Å²) in [4.78, 5) is 37.4. The van der Waals surface area contributed by atoms with Crippen LogP contribution >= 0.6 is 0 Å². The highest BCUT2D eigenvalue weighted by Gasteiger charge is 2.34. The van der Waals surface area contributed by atoms with E-state index >= 15 is 0 Å². The van der Waals surface area contributed by atoms with Crippen LogP contribution in [0.15, 0.2) is 0 Å². The summed E-state index contributed by atoms with van der Waals surface area (Å²) < 4.78 is 9.74. The Bertz CT molecular complexity index is 521. The normalized spacial score (nSPS) is 18.5. The minimum atomic E-state index is -0.937. The first-order chi connectivity index (χ1) is 11.2. The highest BCUT2D eigenvalue weighted by molar-refractivity contribution is 5.87. The summed E-state index contributed by atoms with van der Waals surface area (Å²) in [6.07, 6.45) is 0.671. The molecule has 8 nitrogen and oxygen atoms in total. The Balaban J connectivity index is 2.80. The van der Waals surface area contributed by atoms with Gasteiger partial charge in [-0.15, -0.1) is 0 Å². The van der Waals surface area contributed by atoms with E-state index in [9.17, 15) is 14.4 Å². The van der Waals surface area contributed by atoms with Gasteiger partial charge in [0, 0.05) is 13.0 Å². The number of nitrogens with zero attached hydrogens (tertiary/aromatic N) is 2. The molecule has 134 valence electrons. The van der Waals surface area contributed by atoms with E-state index in [-0.39, 0.29) is 18.7 Å². The van der Waals surface area contributed by atoms with Gasteiger partial charge in [-0.25, -0.2) is 4.79 Å². The Labute approximate surface area is 142 Å². The van der Waals surface area contributed by atoms with E-state index < -0.39 is 29.7 Å². The van der Waals surface area contributed by atoms with Crippen molar-refractivity contribution in [3.8, 4) is 6.07 Å². The van der Waals surface area contributed by atoms with Crippen molar-refractivity contribution in [2.75, 3.05) is 13.7 Å². The molecule has 0 spiro atoms. The number of hydrogen-bond donors (Lipinski definition) is 1. The summed E-state index contributed by atoms with van der Waals surface area (Å²) in [5.41, 5.74) is -0.705. The fourth-order valence-electron chi connectivity index (χ4n) is 2.44. The van der Waals surface area contributed by atoms with Gasteiger partial charge in [0.15, 0.2) is 0 Å². The molecule has 0 saturated carbocycles. The standard InChI is InChI=1S/C16H25N3O5/c1-16(2,3)24-15(22)18-12(7-8-13(20)23-4)14(21)19-9-5-6-11(19)10-17/h11-12H,5-9H2,1-4H3,(H,18,22)/t11-,12-/m0/s1. The smallest absolute Gasteiger partial charge is 0.408 e. The number of amides is 2. The number of likely N-dealkylation sites (tertiary alicyclic amines) is 1. The molecule has 0 aromatic carbocycles. The summed E-state index contributed by atoms with van der Waals surface area (Å²) >= 11 is 0. The van der Waals surface area contributed by atoms with E-state index in [1.165, 1.54) is 12.0 Å². The number of rotatable bonds is 5. The van der Waals surface area contributed by atoms with E-state index in [2.05, 4.69) is 16.1 Å². The van der Waals surface area contributed by atoms with Crippen LogP contribution in [0.4, 0.5) is 4.79 Å². The third-order valence-corrected chi connectivity index (χ3v) is 3.54. The van der Waals surface area contributed by atoms with Gasteiger partial charge in [-0.2, -0.15) is 5.26 Å². The summed E-state index contributed by atoms with van der Waals surface area (Å²) in [7, 11) is 1.26. The van der Waals surface area contributed by atoms with Crippen LogP contribution in [0.3, 0.4) is 0 Å². The van der Waals surface area contributed by atoms with E-state index in [1.807, 2.05) is 0 Å². The highest BCUT2D eigenvalue weighted by Crippen LogP contribution is 2.19. The minimum absolute atomic E-state index is 0.0201. The lowest BCUT2D eigenvalue weighted by molar-refractivity contribution is -0.141. The maximum atomic E-state index is 12.7. The van der Waals surface area contributed by atoms with Crippen LogP contribution in [0.1, 0.15) is 46.5 Å². The molecule has 1 saturated heterocycles. The first-order valence-corrected chi connectivity index (χ1v) is 7.94. The molecule has 0 radical (unpaired) electrons. The number of alkyl carbamates (subject to hydrolysis) is 1. The molecule has 8 heteroatoms. The van der Waals surface area contributed by atoms with Crippen molar-refractivity contribution in [3.63, 3.8) is 0 Å². The van der Waals surface area contributed by atoms with Crippen LogP contribution in [-0.2, 0) is 19.1 Å². The second-order valence-corrected chi connectivity index (χ2v) is 6.63. The van der Waals surface area contributed by atoms with E-state index in [4.69, 9.17) is 10.00 Å². The first-order valence-electron chi connectivity index (χ1n) is 7.94. The van der Waals surface area contributed by atoms with Gasteiger partial charge in [0.1, 0.15) is 17.7 Å². The molecular weight excluding hydrogens is 314 g/mol. The number of carbonyl (C=O) groups is 3. The molecule has 1 heterocycles. The molecule has 1 aliphatic rings. The largest absolute Gasteiger partial charge is 0.469 e. The third kappa shape index (κ3) is 6.07. The molecule has 0 aromatic heterocycles. The summed E-state index contributed by atoms with van der Waals surface area (Å²) in [6, 6.07) is 0.648. The molecule has 2 amide bonds. The number of nitrogens with one attached hydrogen (secondary N) is 1. The number of esters is 1. The van der Waals surface area contributed by atoms with Crippen molar-refractivity contribution in [2.45, 2.75) is 64.1 Å². The van der Waals surface area contributed by atoms with Gasteiger partial charge in [-0.05, 0) is 40.0 Å². The van der Waals surface area contributed by atoms with Crippen molar-refractivity contribution in [2.24, 2.45) is 0 Å². The van der Waals surface area contributed by atoms with Gasteiger partial charge in [-0.1, -0.05) is 0 Å². The zero-order chi connectivity index (χ0) is 18.3. The van der Waals surface area contributed by atoms with Crippen LogP contribution in [0.25, 0.3) is 0 Å². The fourth-order valence-corrected chi connectivity index (χ4v) is 2.44. The maximum absolute atomic E-state index is 12.7. The van der Waals surface area contributed by atoms with Gasteiger partial charge in [-0.3, -0.25) is 9.59 Å². The van der Waals surface area contributed by atoms with Crippen molar-refractivity contribution in [3.05, 3.63) is 0 Å². The number of hydrogen-bond acceptors (Lipinski definition) is 6. The van der Waals surface area contributed by atoms with Crippen LogP contribution < -0.4 is 5.32 Å². The molecule has 0 aliphatic carbocycles. The quantitative estimate of drug-likeness (QED) is 0.757. The molecule has 1 fully saturated rings. The molecule has 0 unspecified atom stereocenters. The molecule has 2 atom stereocenters. The zero-order valence-corrected chi connectivity index (χ0v) is 14.6. The number of nitriles is 1. The summed E-state index contributed by atoms with van der Waals surface area (Å²) in [5, 5.41) is 11.6. The average Bonchev–Trinajstić information content (AvgIpc) is 2.96. The second kappa shape index (κ2) is 8.52. The molecule has 1 aliphatic heterocycles. The Morgan fingerprint density at radius 3 is 2.58 bits per heavy atom. The van der Waals surface area contributed by atoms with Gasteiger partial charge in [0.25, 0.3) is 0 Å². The Morgan fingerprint density at radius 1 is 1.38 bits per heavy atom. The maximum Gasteiger partial charge on any atom is 0.408 e. The van der Waals surface area contributed by atoms with Crippen LogP contribution in [0.5, 0.6) is 0 Å². The molecule has 24 heavy (non-hydrogen) atoms. The van der Waals surface area contributed by atoms with Gasteiger partial charge < -0.3 is 19.7 Å². The topological polar surface area (TPSA) is 109 Å². The van der Waals surface area contributed by atoms with Crippen LogP contribution in [0, 0.1) is 11.3 Å². The predicted molar refractivity (Wildman–Crippen MR) is 84.8 cm³/mol. The Hall–Kier alpha value is -2.30. The van der Waals surface area contributed by atoms with Gasteiger partial charge in [0.2, 0.25) is 5.91 Å². The van der Waals surface area contributed by atoms with Crippen LogP contribution in [-0.4, -0.2) is 54.2 Å². The second-order valence-electron chi connectivity index (χ2n) is 6.63. The van der Waals surface area contributed by atoms with Gasteiger partial charge >= 0.3 is 12.1 Å². The molecule has 1 N–H and O–H groups in total. The zero-order valence-electron chi connectivity index (χ0n) is 14.6. The van der Waals surface area contributed by atoms with E-state index in [0.717, 1.165) is 6.42 Å². The Kier molecular flexibility index (Phi) is 7.01. The lowest BCUT2D eigenvalue weighted by Gasteiger charge is -2.27. The number of ether oxygens (including phenoxy) is 2. The summed E-state index contributed by atoms with van der Waals surface area (Å²) in [6.45, 7) is 5.60. The molecular formula is C16H25N3O5. The van der Waals surface area contributed by atoms with Crippen molar-refractivity contribution in [1.82, 2.24) is 10.2 Å². The number of carbonyl (C=O) groups excluding carboxylic acids is 3. The lowest BCUT2D eigenvalue weighted by Crippen LogP contribution is -2.51. The summed E-state index contributed by atoms with van der Waals surface area (Å²) in [5.74, 6) is -0.856. The van der Waals surface area contributed by atoms with Crippen molar-refractivity contribution < 1.29 is 23.9 Å². The van der Waals surface area contributed by atoms with E-state index in [0.29, 0.717) is 13.0 Å². The van der Waals surface area contributed by atoms with Gasteiger partial charge in [0.05, 0.1) is 13.2 Å². The van der Waals surface area contributed by atoms with E-state index in [1.54, 1.807) is 20.8 Å². The Morgan fingerprint density at radius 2 is 2.04 bits per heavy atom. The molecule has 0 bridgehead atoms. The average molecular weight is 339 g/mol. The predicted octanol–water partition coefficient (Wildman–Crippen LogP) is 1.35. The SMILES string of the molecule is COC(=O)CC[C@H](NC(=O)OC(C)(C)C)C(=O)N1CCC[C@H]1C#N. The van der Waals surface area contributed by atoms with Crippen molar-refractivity contribution >= 4 is 18.0 Å². The lowest BCUT2D eigenvalue weighted by atomic mass is 10.1. The third-order valence-electron chi connectivity index (χ3n) is 3.54. The first kappa shape index (κ1) is 19.7. The highest BCUT2D eigenvalue weighted by atomic mass is 16.6. The monoisotopic (exact) mass is 339 g/mol. The minimum Gasteiger partial charge on any atom is -0.469 e. The number of methoxy groups -OCH3 is 1. The van der Waals surface area contributed by atoms with Crippen LogP contribution in [0.2, 0.25) is 0 Å². The molecule has 0 aromatic rings. The van der Waals surface area contributed by atoms with Crippen molar-refractivity contribution in [1.29, 1.82) is 5.26 Å². The molecule has 1 rings (SSSR count). The fraction of sp³-hybridized carbons (Fsp3) is 0.750.